The van der Waals surface area contributed by atoms with Crippen molar-refractivity contribution in [2.45, 2.75) is 32.2 Å². The van der Waals surface area contributed by atoms with Crippen molar-refractivity contribution in [3.05, 3.63) is 71.3 Å². The zero-order valence-electron chi connectivity index (χ0n) is 14.3. The molecule has 1 amide bonds. The summed E-state index contributed by atoms with van der Waals surface area (Å²) in [6.45, 7) is 1.83. The first kappa shape index (κ1) is 16.4. The lowest BCUT2D eigenvalue weighted by Crippen LogP contribution is -2.31. The van der Waals surface area contributed by atoms with E-state index in [0.717, 1.165) is 41.9 Å². The molecule has 0 aliphatic heterocycles. The number of carbonyl (C=O) groups excluding carboxylic acids is 1. The molecule has 0 saturated carbocycles. The van der Waals surface area contributed by atoms with Crippen molar-refractivity contribution >= 4 is 5.91 Å². The molecule has 7 heteroatoms. The molecule has 0 saturated heterocycles. The average Bonchev–Trinajstić information content (AvgIpc) is 3.08. The van der Waals surface area contributed by atoms with Gasteiger partial charge in [0.2, 0.25) is 0 Å². The van der Waals surface area contributed by atoms with E-state index < -0.39 is 0 Å². The van der Waals surface area contributed by atoms with Gasteiger partial charge < -0.3 is 5.32 Å². The minimum atomic E-state index is -0.279. The van der Waals surface area contributed by atoms with Crippen molar-refractivity contribution in [2.24, 2.45) is 0 Å². The predicted octanol–water partition coefficient (Wildman–Crippen LogP) is 2.92. The summed E-state index contributed by atoms with van der Waals surface area (Å²) < 4.78 is 15.0. The molecule has 2 aromatic heterocycles. The molecule has 6 nitrogen and oxygen atoms in total. The van der Waals surface area contributed by atoms with Gasteiger partial charge in [-0.15, -0.1) is 0 Å². The Labute approximate surface area is 150 Å². The smallest absolute Gasteiger partial charge is 0.271 e. The normalized spacial score (nSPS) is 16.2. The van der Waals surface area contributed by atoms with E-state index in [2.05, 4.69) is 20.4 Å². The van der Waals surface area contributed by atoms with E-state index in [9.17, 15) is 9.18 Å². The predicted molar refractivity (Wildman–Crippen MR) is 93.4 cm³/mol. The summed E-state index contributed by atoms with van der Waals surface area (Å²) in [6, 6.07) is 6.12. The van der Waals surface area contributed by atoms with Gasteiger partial charge in [-0.3, -0.25) is 9.78 Å². The van der Waals surface area contributed by atoms with Crippen LogP contribution in [0.5, 0.6) is 0 Å². The fraction of sp³-hybridized carbons (Fsp3) is 0.263. The molecular formula is C19H18FN5O. The third-order valence-electron chi connectivity index (χ3n) is 4.57. The number of rotatable bonds is 3. The molecule has 0 unspecified atom stereocenters. The van der Waals surface area contributed by atoms with E-state index in [4.69, 9.17) is 0 Å². The Morgan fingerprint density at radius 3 is 2.73 bits per heavy atom. The molecule has 2 heterocycles. The fourth-order valence-corrected chi connectivity index (χ4v) is 3.25. The highest BCUT2D eigenvalue weighted by atomic mass is 19.1. The Morgan fingerprint density at radius 2 is 2.00 bits per heavy atom. The van der Waals surface area contributed by atoms with E-state index in [1.54, 1.807) is 24.5 Å². The highest BCUT2D eigenvalue weighted by molar-refractivity contribution is 5.92. The first-order valence-electron chi connectivity index (χ1n) is 8.54. The monoisotopic (exact) mass is 351 g/mol. The van der Waals surface area contributed by atoms with Crippen LogP contribution < -0.4 is 5.32 Å². The average molecular weight is 351 g/mol. The Morgan fingerprint density at radius 1 is 1.19 bits per heavy atom. The van der Waals surface area contributed by atoms with Gasteiger partial charge in [-0.05, 0) is 50.5 Å². The van der Waals surface area contributed by atoms with Gasteiger partial charge in [0.15, 0.2) is 0 Å². The highest BCUT2D eigenvalue weighted by Crippen LogP contribution is 2.31. The Hall–Kier alpha value is -3.09. The van der Waals surface area contributed by atoms with Crippen molar-refractivity contribution in [2.75, 3.05) is 0 Å². The Balaban J connectivity index is 1.59. The quantitative estimate of drug-likeness (QED) is 0.787. The second kappa shape index (κ2) is 6.67. The number of benzene rings is 1. The van der Waals surface area contributed by atoms with Crippen LogP contribution >= 0.6 is 0 Å². The number of carbonyl (C=O) groups is 1. The van der Waals surface area contributed by atoms with Crippen molar-refractivity contribution in [3.63, 3.8) is 0 Å². The molecular weight excluding hydrogens is 333 g/mol. The minimum Gasteiger partial charge on any atom is -0.344 e. The molecule has 1 aliphatic rings. The number of fused-ring (bicyclic) bond motifs is 1. The van der Waals surface area contributed by atoms with Gasteiger partial charge in [-0.1, -0.05) is 0 Å². The summed E-state index contributed by atoms with van der Waals surface area (Å²) >= 11 is 0. The number of nitrogens with zero attached hydrogens (tertiary/aromatic N) is 4. The van der Waals surface area contributed by atoms with Gasteiger partial charge in [-0.2, -0.15) is 5.10 Å². The number of hydrogen-bond donors (Lipinski definition) is 1. The highest BCUT2D eigenvalue weighted by Gasteiger charge is 2.26. The maximum atomic E-state index is 13.2. The summed E-state index contributed by atoms with van der Waals surface area (Å²) in [5.74, 6) is -0.524. The van der Waals surface area contributed by atoms with Crippen LogP contribution in [0.4, 0.5) is 4.39 Å². The molecule has 1 N–H and O–H groups in total. The largest absolute Gasteiger partial charge is 0.344 e. The molecule has 132 valence electrons. The molecule has 3 aromatic rings. The second-order valence-electron chi connectivity index (χ2n) is 6.40. The lowest BCUT2D eigenvalue weighted by atomic mass is 9.92. The van der Waals surface area contributed by atoms with E-state index in [1.807, 2.05) is 11.6 Å². The van der Waals surface area contributed by atoms with E-state index >= 15 is 0 Å². The topological polar surface area (TPSA) is 72.7 Å². The van der Waals surface area contributed by atoms with Crippen LogP contribution in [0, 0.1) is 12.7 Å². The van der Waals surface area contributed by atoms with Gasteiger partial charge >= 0.3 is 0 Å². The summed E-state index contributed by atoms with van der Waals surface area (Å²) in [4.78, 5) is 20.7. The summed E-state index contributed by atoms with van der Waals surface area (Å²) in [6.07, 6.45) is 7.48. The van der Waals surface area contributed by atoms with Crippen molar-refractivity contribution in [3.8, 4) is 5.69 Å². The SMILES string of the molecule is Cc1cnc(C(=O)N[C@@H]2CCCc3c2cnn3-c2ccc(F)cc2)cn1. The molecule has 4 rings (SSSR count). The molecule has 1 aliphatic carbocycles. The van der Waals surface area contributed by atoms with Crippen molar-refractivity contribution in [1.82, 2.24) is 25.1 Å². The lowest BCUT2D eigenvalue weighted by Gasteiger charge is -2.24. The van der Waals surface area contributed by atoms with E-state index in [-0.39, 0.29) is 17.8 Å². The third-order valence-corrected chi connectivity index (χ3v) is 4.57. The van der Waals surface area contributed by atoms with Gasteiger partial charge in [-0.25, -0.2) is 14.1 Å². The van der Waals surface area contributed by atoms with Crippen LogP contribution in [0.3, 0.4) is 0 Å². The molecule has 0 fully saturated rings. The number of hydrogen-bond acceptors (Lipinski definition) is 4. The molecule has 0 bridgehead atoms. The van der Waals surface area contributed by atoms with Crippen LogP contribution in [0.25, 0.3) is 5.69 Å². The van der Waals surface area contributed by atoms with Gasteiger partial charge in [0.05, 0.1) is 29.8 Å². The molecule has 1 aromatic carbocycles. The first-order chi connectivity index (χ1) is 12.6. The molecule has 1 atom stereocenters. The number of nitrogens with one attached hydrogen (secondary N) is 1. The zero-order valence-corrected chi connectivity index (χ0v) is 14.3. The molecule has 26 heavy (non-hydrogen) atoms. The van der Waals surface area contributed by atoms with Crippen LogP contribution in [-0.4, -0.2) is 25.7 Å². The number of aryl methyl sites for hydroxylation is 1. The van der Waals surface area contributed by atoms with Crippen molar-refractivity contribution in [1.29, 1.82) is 0 Å². The molecule has 0 radical (unpaired) electrons. The first-order valence-corrected chi connectivity index (χ1v) is 8.54. The zero-order chi connectivity index (χ0) is 18.1. The maximum absolute atomic E-state index is 13.2. The van der Waals surface area contributed by atoms with Crippen LogP contribution in [-0.2, 0) is 6.42 Å². The van der Waals surface area contributed by atoms with Gasteiger partial charge in [0.25, 0.3) is 5.91 Å². The minimum absolute atomic E-state index is 0.122. The lowest BCUT2D eigenvalue weighted by molar-refractivity contribution is 0.0927. The standard InChI is InChI=1S/C19H18FN5O/c1-12-9-22-17(11-21-12)19(26)24-16-3-2-4-18-15(16)10-23-25(18)14-7-5-13(20)6-8-14/h5-11,16H,2-4H2,1H3,(H,24,26)/t16-/m1/s1. The summed E-state index contributed by atoms with van der Waals surface area (Å²) in [5, 5.41) is 7.48. The van der Waals surface area contributed by atoms with E-state index in [1.165, 1.54) is 18.3 Å². The van der Waals surface area contributed by atoms with Crippen molar-refractivity contribution < 1.29 is 9.18 Å². The van der Waals surface area contributed by atoms with Gasteiger partial charge in [0.1, 0.15) is 11.5 Å². The number of amides is 1. The Bertz CT molecular complexity index is 934. The Kier molecular flexibility index (Phi) is 4.20. The summed E-state index contributed by atoms with van der Waals surface area (Å²) in [5.41, 5.74) is 3.91. The van der Waals surface area contributed by atoms with Crippen LogP contribution in [0.15, 0.2) is 42.9 Å². The maximum Gasteiger partial charge on any atom is 0.271 e. The second-order valence-corrected chi connectivity index (χ2v) is 6.40. The van der Waals surface area contributed by atoms with Crippen LogP contribution in [0.2, 0.25) is 0 Å². The summed E-state index contributed by atoms with van der Waals surface area (Å²) in [7, 11) is 0. The number of aromatic nitrogens is 4. The third kappa shape index (κ3) is 3.08. The van der Waals surface area contributed by atoms with E-state index in [0.29, 0.717) is 5.69 Å². The van der Waals surface area contributed by atoms with Gasteiger partial charge in [0, 0.05) is 17.5 Å². The number of halogens is 1. The van der Waals surface area contributed by atoms with Crippen LogP contribution in [0.1, 0.15) is 46.3 Å². The molecule has 0 spiro atoms. The fourth-order valence-electron chi connectivity index (χ4n) is 3.25.